The monoisotopic (exact) mass is 420 g/mol. The predicted octanol–water partition coefficient (Wildman–Crippen LogP) is 4.51. The number of amides is 2. The number of aromatic nitrogens is 2. The largest absolute Gasteiger partial charge is 0.345 e. The van der Waals surface area contributed by atoms with E-state index < -0.39 is 0 Å². The molecule has 1 aliphatic rings. The van der Waals surface area contributed by atoms with E-state index in [0.29, 0.717) is 24.1 Å². The molecule has 0 saturated heterocycles. The third-order valence-electron chi connectivity index (χ3n) is 5.54. The fourth-order valence-electron chi connectivity index (χ4n) is 3.91. The van der Waals surface area contributed by atoms with Gasteiger partial charge in [-0.05, 0) is 60.7 Å². The van der Waals surface area contributed by atoms with Gasteiger partial charge in [0.1, 0.15) is 5.82 Å². The molecule has 2 heterocycles. The molecule has 1 unspecified atom stereocenters. The van der Waals surface area contributed by atoms with Crippen molar-refractivity contribution in [3.8, 4) is 5.69 Å². The topological polar surface area (TPSA) is 76.0 Å². The van der Waals surface area contributed by atoms with Gasteiger partial charge in [0.25, 0.3) is 5.91 Å². The van der Waals surface area contributed by atoms with Gasteiger partial charge in [-0.2, -0.15) is 5.10 Å². The molecule has 0 saturated carbocycles. The molecule has 2 aromatic carbocycles. The van der Waals surface area contributed by atoms with Crippen LogP contribution in [0, 0.1) is 5.82 Å². The van der Waals surface area contributed by atoms with Crippen molar-refractivity contribution in [3.05, 3.63) is 76.9 Å². The normalized spacial score (nSPS) is 14.2. The molecule has 0 bridgehead atoms. The number of nitrogens with zero attached hydrogens (tertiary/aromatic N) is 2. The van der Waals surface area contributed by atoms with Crippen LogP contribution in [0.3, 0.4) is 0 Å². The number of hydrogen-bond donors (Lipinski definition) is 2. The van der Waals surface area contributed by atoms with Crippen molar-refractivity contribution >= 4 is 17.5 Å². The lowest BCUT2D eigenvalue weighted by Crippen LogP contribution is -2.28. The highest BCUT2D eigenvalue weighted by Crippen LogP contribution is 2.27. The second-order valence-corrected chi connectivity index (χ2v) is 8.15. The first kappa shape index (κ1) is 20.8. The highest BCUT2D eigenvalue weighted by Gasteiger charge is 2.23. The molecule has 1 aliphatic heterocycles. The summed E-state index contributed by atoms with van der Waals surface area (Å²) in [5, 5.41) is 10.3. The van der Waals surface area contributed by atoms with Gasteiger partial charge in [-0.25, -0.2) is 9.07 Å². The van der Waals surface area contributed by atoms with E-state index >= 15 is 0 Å². The number of hydrogen-bond acceptors (Lipinski definition) is 3. The van der Waals surface area contributed by atoms with Crippen LogP contribution in [0.2, 0.25) is 0 Å². The molecule has 2 amide bonds. The van der Waals surface area contributed by atoms with Crippen LogP contribution < -0.4 is 10.6 Å². The fourth-order valence-corrected chi connectivity index (χ4v) is 3.91. The van der Waals surface area contributed by atoms with E-state index in [0.717, 1.165) is 22.5 Å². The lowest BCUT2D eigenvalue weighted by atomic mass is 9.97. The average Bonchev–Trinajstić information content (AvgIpc) is 3.19. The second kappa shape index (κ2) is 8.34. The lowest BCUT2D eigenvalue weighted by molar-refractivity contribution is -0.116. The van der Waals surface area contributed by atoms with E-state index in [2.05, 4.69) is 15.7 Å². The van der Waals surface area contributed by atoms with Crippen molar-refractivity contribution in [1.29, 1.82) is 0 Å². The summed E-state index contributed by atoms with van der Waals surface area (Å²) in [4.78, 5) is 24.7. The minimum Gasteiger partial charge on any atom is -0.345 e. The van der Waals surface area contributed by atoms with Crippen LogP contribution in [-0.4, -0.2) is 21.6 Å². The molecular formula is C24H25FN4O2. The Hall–Kier alpha value is -3.48. The Balaban J connectivity index is 1.57. The Labute approximate surface area is 180 Å². The number of fused-ring (bicyclic) bond motifs is 1. The van der Waals surface area contributed by atoms with Crippen molar-refractivity contribution < 1.29 is 14.0 Å². The number of halogens is 1. The van der Waals surface area contributed by atoms with Gasteiger partial charge in [0.15, 0.2) is 0 Å². The van der Waals surface area contributed by atoms with Gasteiger partial charge >= 0.3 is 0 Å². The van der Waals surface area contributed by atoms with Gasteiger partial charge in [-0.3, -0.25) is 9.59 Å². The van der Waals surface area contributed by atoms with Crippen molar-refractivity contribution in [2.24, 2.45) is 0 Å². The molecule has 31 heavy (non-hydrogen) atoms. The molecule has 0 aliphatic carbocycles. The molecule has 4 rings (SSSR count). The zero-order chi connectivity index (χ0) is 22.1. The van der Waals surface area contributed by atoms with E-state index in [1.54, 1.807) is 23.0 Å². The number of benzene rings is 2. The number of anilines is 1. The number of aryl methyl sites for hydroxylation is 1. The van der Waals surface area contributed by atoms with E-state index in [4.69, 9.17) is 0 Å². The summed E-state index contributed by atoms with van der Waals surface area (Å²) in [7, 11) is 0. The Morgan fingerprint density at radius 2 is 1.87 bits per heavy atom. The molecule has 160 valence electrons. The van der Waals surface area contributed by atoms with Crippen LogP contribution in [0.25, 0.3) is 5.69 Å². The van der Waals surface area contributed by atoms with Crippen molar-refractivity contribution in [2.75, 3.05) is 5.32 Å². The Morgan fingerprint density at radius 3 is 2.58 bits per heavy atom. The summed E-state index contributed by atoms with van der Waals surface area (Å²) in [5.41, 5.74) is 4.85. The maximum Gasteiger partial charge on any atom is 0.255 e. The van der Waals surface area contributed by atoms with Gasteiger partial charge in [-0.1, -0.05) is 26.0 Å². The van der Waals surface area contributed by atoms with Crippen LogP contribution in [-0.2, 0) is 11.2 Å². The molecule has 0 radical (unpaired) electrons. The van der Waals surface area contributed by atoms with Gasteiger partial charge in [0.2, 0.25) is 5.91 Å². The van der Waals surface area contributed by atoms with E-state index in [-0.39, 0.29) is 29.6 Å². The molecule has 1 aromatic heterocycles. The predicted molar refractivity (Wildman–Crippen MR) is 117 cm³/mol. The highest BCUT2D eigenvalue weighted by molar-refractivity contribution is 5.96. The Morgan fingerprint density at radius 1 is 1.13 bits per heavy atom. The molecule has 0 spiro atoms. The van der Waals surface area contributed by atoms with E-state index in [1.807, 2.05) is 39.0 Å². The molecule has 0 fully saturated rings. The Kier molecular flexibility index (Phi) is 5.59. The number of carbonyl (C=O) groups excluding carboxylic acids is 2. The standard InChI is InChI=1S/C24H25FN4O2/c1-14(2)23-20(13-26-29(23)19-8-6-18(25)7-9-19)24(31)27-15(3)16-4-10-21-17(12-16)5-11-22(30)28-21/h4,6-10,12-15H,5,11H2,1-3H3,(H,27,31)(H,28,30). The summed E-state index contributed by atoms with van der Waals surface area (Å²) >= 11 is 0. The molecule has 2 N–H and O–H groups in total. The fraction of sp³-hybridized carbons (Fsp3) is 0.292. The lowest BCUT2D eigenvalue weighted by Gasteiger charge is -2.21. The molecular weight excluding hydrogens is 395 g/mol. The Bertz CT molecular complexity index is 1130. The van der Waals surface area contributed by atoms with E-state index in [1.165, 1.54) is 12.1 Å². The van der Waals surface area contributed by atoms with Crippen molar-refractivity contribution in [2.45, 2.75) is 45.6 Å². The SMILES string of the molecule is CC(C)c1c(C(=O)NC(C)c2ccc3c(c2)CCC(=O)N3)cnn1-c1ccc(F)cc1. The maximum absolute atomic E-state index is 13.3. The summed E-state index contributed by atoms with van der Waals surface area (Å²) in [6.07, 6.45) is 2.72. The van der Waals surface area contributed by atoms with Crippen LogP contribution >= 0.6 is 0 Å². The minimum absolute atomic E-state index is 0.0287. The van der Waals surface area contributed by atoms with Gasteiger partial charge < -0.3 is 10.6 Å². The zero-order valence-electron chi connectivity index (χ0n) is 17.8. The van der Waals surface area contributed by atoms with E-state index in [9.17, 15) is 14.0 Å². The van der Waals surface area contributed by atoms with Crippen LogP contribution in [0.1, 0.15) is 66.3 Å². The first-order chi connectivity index (χ1) is 14.8. The number of nitrogens with one attached hydrogen (secondary N) is 2. The van der Waals surface area contributed by atoms with Gasteiger partial charge in [0.05, 0.1) is 29.2 Å². The molecule has 7 heteroatoms. The zero-order valence-corrected chi connectivity index (χ0v) is 17.8. The second-order valence-electron chi connectivity index (χ2n) is 8.15. The van der Waals surface area contributed by atoms with Crippen LogP contribution in [0.15, 0.2) is 48.7 Å². The first-order valence-corrected chi connectivity index (χ1v) is 10.4. The average molecular weight is 420 g/mol. The summed E-state index contributed by atoms with van der Waals surface area (Å²) in [5.74, 6) is -0.467. The van der Waals surface area contributed by atoms with Crippen molar-refractivity contribution in [3.63, 3.8) is 0 Å². The van der Waals surface area contributed by atoms with Crippen LogP contribution in [0.4, 0.5) is 10.1 Å². The maximum atomic E-state index is 13.3. The third-order valence-corrected chi connectivity index (χ3v) is 5.54. The first-order valence-electron chi connectivity index (χ1n) is 10.4. The minimum atomic E-state index is -0.321. The summed E-state index contributed by atoms with van der Waals surface area (Å²) in [6, 6.07) is 11.7. The third kappa shape index (κ3) is 4.21. The van der Waals surface area contributed by atoms with Gasteiger partial charge in [-0.15, -0.1) is 0 Å². The number of carbonyl (C=O) groups is 2. The smallest absolute Gasteiger partial charge is 0.255 e. The quantitative estimate of drug-likeness (QED) is 0.638. The molecule has 1 atom stereocenters. The summed E-state index contributed by atoms with van der Waals surface area (Å²) in [6.45, 7) is 5.92. The van der Waals surface area contributed by atoms with Gasteiger partial charge in [0, 0.05) is 12.1 Å². The highest BCUT2D eigenvalue weighted by atomic mass is 19.1. The summed E-state index contributed by atoms with van der Waals surface area (Å²) < 4.78 is 15.0. The molecule has 3 aromatic rings. The van der Waals surface area contributed by atoms with Crippen LogP contribution in [0.5, 0.6) is 0 Å². The number of rotatable bonds is 5. The molecule has 6 nitrogen and oxygen atoms in total. The van der Waals surface area contributed by atoms with Crippen molar-refractivity contribution in [1.82, 2.24) is 15.1 Å².